The number of rotatable bonds is 3. The topological polar surface area (TPSA) is 55.1 Å². The van der Waals surface area contributed by atoms with Crippen molar-refractivity contribution in [2.24, 2.45) is 5.73 Å². The van der Waals surface area contributed by atoms with E-state index in [1.165, 1.54) is 23.3 Å². The minimum absolute atomic E-state index is 0.377. The molecule has 0 radical (unpaired) electrons. The molecule has 0 aliphatic heterocycles. The predicted molar refractivity (Wildman–Crippen MR) is 83.3 cm³/mol. The number of hydrogen-bond acceptors (Lipinski definition) is 3. The van der Waals surface area contributed by atoms with E-state index in [0.717, 1.165) is 17.7 Å². The lowest BCUT2D eigenvalue weighted by Crippen LogP contribution is -2.17. The molecule has 3 N–H and O–H groups in total. The van der Waals surface area contributed by atoms with Crippen molar-refractivity contribution in [2.45, 2.75) is 32.2 Å². The van der Waals surface area contributed by atoms with Crippen molar-refractivity contribution in [2.75, 3.05) is 5.32 Å². The van der Waals surface area contributed by atoms with E-state index in [2.05, 4.69) is 16.8 Å². The van der Waals surface area contributed by atoms with E-state index in [0.29, 0.717) is 11.6 Å². The van der Waals surface area contributed by atoms with Gasteiger partial charge in [0.15, 0.2) is 0 Å². The van der Waals surface area contributed by atoms with Gasteiger partial charge in [-0.1, -0.05) is 0 Å². The van der Waals surface area contributed by atoms with E-state index < -0.39 is 0 Å². The highest BCUT2D eigenvalue weighted by Crippen LogP contribution is 2.36. The molecular weight excluding hydrogens is 268 g/mol. The summed E-state index contributed by atoms with van der Waals surface area (Å²) in [6, 6.07) is 8.19. The SMILES string of the molecule is Cc1cc(C(N)=O)ccc1NC1CCCc2sccc21. The summed E-state index contributed by atoms with van der Waals surface area (Å²) in [6.07, 6.45) is 3.58. The van der Waals surface area contributed by atoms with Crippen LogP contribution in [-0.2, 0) is 6.42 Å². The fraction of sp³-hybridized carbons (Fsp3) is 0.312. The molecule has 1 heterocycles. The van der Waals surface area contributed by atoms with Gasteiger partial charge in [0, 0.05) is 16.1 Å². The first kappa shape index (κ1) is 13.2. The molecule has 3 nitrogen and oxygen atoms in total. The summed E-state index contributed by atoms with van der Waals surface area (Å²) in [6.45, 7) is 2.01. The molecule has 0 saturated heterocycles. The maximum Gasteiger partial charge on any atom is 0.248 e. The second kappa shape index (κ2) is 5.29. The monoisotopic (exact) mass is 286 g/mol. The molecule has 1 aliphatic rings. The Morgan fingerprint density at radius 1 is 1.40 bits per heavy atom. The van der Waals surface area contributed by atoms with Gasteiger partial charge in [-0.25, -0.2) is 0 Å². The van der Waals surface area contributed by atoms with Crippen LogP contribution in [0.15, 0.2) is 29.6 Å². The second-order valence-corrected chi connectivity index (χ2v) is 6.28. The first-order valence-electron chi connectivity index (χ1n) is 6.88. The van der Waals surface area contributed by atoms with Crippen LogP contribution in [0.2, 0.25) is 0 Å². The van der Waals surface area contributed by atoms with Gasteiger partial charge in [-0.2, -0.15) is 0 Å². The third-order valence-corrected chi connectivity index (χ3v) is 4.89. The lowest BCUT2D eigenvalue weighted by atomic mass is 9.93. The quantitative estimate of drug-likeness (QED) is 0.905. The maximum atomic E-state index is 11.2. The number of thiophene rings is 1. The molecule has 0 saturated carbocycles. The van der Waals surface area contributed by atoms with Crippen LogP contribution in [0.3, 0.4) is 0 Å². The molecule has 2 aromatic rings. The minimum Gasteiger partial charge on any atom is -0.378 e. The molecule has 1 atom stereocenters. The van der Waals surface area contributed by atoms with Crippen molar-refractivity contribution in [3.8, 4) is 0 Å². The van der Waals surface area contributed by atoms with Gasteiger partial charge < -0.3 is 11.1 Å². The molecular formula is C16H18N2OS. The molecule has 104 valence electrons. The van der Waals surface area contributed by atoms with E-state index in [-0.39, 0.29) is 5.91 Å². The Bertz CT molecular complexity index is 648. The standard InChI is InChI=1S/C16H18N2OS/c1-10-9-11(16(17)19)5-6-13(10)18-14-3-2-4-15-12(14)7-8-20-15/h5-9,14,18H,2-4H2,1H3,(H2,17,19). The minimum atomic E-state index is -0.377. The number of carbonyl (C=O) groups excluding carboxylic acids is 1. The van der Waals surface area contributed by atoms with Gasteiger partial charge in [-0.15, -0.1) is 11.3 Å². The molecule has 0 bridgehead atoms. The first-order chi connectivity index (χ1) is 9.65. The number of fused-ring (bicyclic) bond motifs is 1. The Labute approximate surface area is 122 Å². The van der Waals surface area contributed by atoms with Crippen LogP contribution in [0, 0.1) is 6.92 Å². The van der Waals surface area contributed by atoms with Gasteiger partial charge >= 0.3 is 0 Å². The van der Waals surface area contributed by atoms with Crippen LogP contribution in [-0.4, -0.2) is 5.91 Å². The smallest absolute Gasteiger partial charge is 0.248 e. The number of benzene rings is 1. The Morgan fingerprint density at radius 3 is 3.00 bits per heavy atom. The molecule has 3 rings (SSSR count). The normalized spacial score (nSPS) is 17.6. The summed E-state index contributed by atoms with van der Waals surface area (Å²) < 4.78 is 0. The molecule has 4 heteroatoms. The van der Waals surface area contributed by atoms with Gasteiger partial charge in [0.1, 0.15) is 0 Å². The highest BCUT2D eigenvalue weighted by Gasteiger charge is 2.21. The molecule has 1 aliphatic carbocycles. The van der Waals surface area contributed by atoms with Crippen molar-refractivity contribution >= 4 is 22.9 Å². The van der Waals surface area contributed by atoms with E-state index in [1.807, 2.05) is 30.4 Å². The highest BCUT2D eigenvalue weighted by molar-refractivity contribution is 7.10. The van der Waals surface area contributed by atoms with Crippen molar-refractivity contribution < 1.29 is 4.79 Å². The number of primary amides is 1. The number of amides is 1. The number of anilines is 1. The Morgan fingerprint density at radius 2 is 2.25 bits per heavy atom. The first-order valence-corrected chi connectivity index (χ1v) is 7.76. The summed E-state index contributed by atoms with van der Waals surface area (Å²) in [7, 11) is 0. The van der Waals surface area contributed by atoms with Crippen LogP contribution in [0.5, 0.6) is 0 Å². The Hall–Kier alpha value is -1.81. The van der Waals surface area contributed by atoms with Crippen LogP contribution < -0.4 is 11.1 Å². The predicted octanol–water partition coefficient (Wildman–Crippen LogP) is 3.64. The van der Waals surface area contributed by atoms with Gasteiger partial charge in [-0.05, 0) is 67.0 Å². The van der Waals surface area contributed by atoms with Crippen LogP contribution in [0.1, 0.15) is 45.2 Å². The van der Waals surface area contributed by atoms with E-state index in [4.69, 9.17) is 5.73 Å². The number of nitrogens with two attached hydrogens (primary N) is 1. The van der Waals surface area contributed by atoms with Gasteiger partial charge in [0.25, 0.3) is 0 Å². The summed E-state index contributed by atoms with van der Waals surface area (Å²) in [4.78, 5) is 12.7. The van der Waals surface area contributed by atoms with E-state index in [1.54, 1.807) is 6.07 Å². The summed E-state index contributed by atoms with van der Waals surface area (Å²) in [5.74, 6) is -0.377. The average molecular weight is 286 g/mol. The number of carbonyl (C=O) groups is 1. The number of aryl methyl sites for hydroxylation is 2. The summed E-state index contributed by atoms with van der Waals surface area (Å²) in [5.41, 5.74) is 9.44. The van der Waals surface area contributed by atoms with Crippen molar-refractivity contribution in [3.63, 3.8) is 0 Å². The highest BCUT2D eigenvalue weighted by atomic mass is 32.1. The third-order valence-electron chi connectivity index (χ3n) is 3.89. The molecule has 0 spiro atoms. The molecule has 1 unspecified atom stereocenters. The van der Waals surface area contributed by atoms with Gasteiger partial charge in [-0.3, -0.25) is 4.79 Å². The third kappa shape index (κ3) is 2.43. The van der Waals surface area contributed by atoms with Crippen molar-refractivity contribution in [3.05, 3.63) is 51.2 Å². The second-order valence-electron chi connectivity index (χ2n) is 5.28. The molecule has 1 aromatic carbocycles. The zero-order valence-corrected chi connectivity index (χ0v) is 12.3. The number of hydrogen-bond donors (Lipinski definition) is 2. The van der Waals surface area contributed by atoms with Crippen molar-refractivity contribution in [1.29, 1.82) is 0 Å². The van der Waals surface area contributed by atoms with Crippen LogP contribution >= 0.6 is 11.3 Å². The van der Waals surface area contributed by atoms with Gasteiger partial charge in [0.05, 0.1) is 6.04 Å². The summed E-state index contributed by atoms with van der Waals surface area (Å²) >= 11 is 1.85. The summed E-state index contributed by atoms with van der Waals surface area (Å²) in [5, 5.41) is 5.79. The van der Waals surface area contributed by atoms with Crippen LogP contribution in [0.25, 0.3) is 0 Å². The largest absolute Gasteiger partial charge is 0.378 e. The van der Waals surface area contributed by atoms with E-state index >= 15 is 0 Å². The Balaban J connectivity index is 1.84. The average Bonchev–Trinajstić information content (AvgIpc) is 2.90. The number of nitrogens with one attached hydrogen (secondary N) is 1. The van der Waals surface area contributed by atoms with E-state index in [9.17, 15) is 4.79 Å². The molecule has 1 aromatic heterocycles. The molecule has 20 heavy (non-hydrogen) atoms. The lowest BCUT2D eigenvalue weighted by molar-refractivity contribution is 0.1000. The Kier molecular flexibility index (Phi) is 3.49. The molecule has 0 fully saturated rings. The van der Waals surface area contributed by atoms with Gasteiger partial charge in [0.2, 0.25) is 5.91 Å². The molecule has 1 amide bonds. The zero-order valence-electron chi connectivity index (χ0n) is 11.5. The van der Waals surface area contributed by atoms with Crippen molar-refractivity contribution in [1.82, 2.24) is 0 Å². The fourth-order valence-corrected chi connectivity index (χ4v) is 3.79. The lowest BCUT2D eigenvalue weighted by Gasteiger charge is -2.25. The fourth-order valence-electron chi connectivity index (χ4n) is 2.80. The maximum absolute atomic E-state index is 11.2. The van der Waals surface area contributed by atoms with Crippen LogP contribution in [0.4, 0.5) is 5.69 Å². The zero-order chi connectivity index (χ0) is 14.1.